The van der Waals surface area contributed by atoms with E-state index in [4.69, 9.17) is 68.1 Å². The molecule has 18 aliphatic carbocycles. The second-order valence-electron chi connectivity index (χ2n) is 41.9. The van der Waals surface area contributed by atoms with Crippen LogP contribution in [0.1, 0.15) is 260 Å². The standard InChI is InChI=1S/C33H45FN2O8.C32H44FNO6.C11H17N3O3.2C9H11ClO2.C9H14N2O2.H4N2/c1-20-15-25-24-12-11-21-16-22(35-18-28(40)44-36-29(41)43-23-9-7-5-4-6-8-10-23)13-14-30(21,2)32(24,34)26(38)17-31(25,3)33(20,42)27(39)19-37;1-20-15-25-24-12-11-21-16-22(34-18-28(38)40-23-9-7-5-4-6-8-10-23)13-14-29(21,2)31(24,33)26(36)17-30(25,3)32(20,39)27(37)19-35;12-14-10(15)6-13-11(16)17-9-4-7-2-1-3-8(7)5-9;2*10-9(11)12-8-4-6-2-1-3-7(6)5-8;10-11-9(12)13-8-4-6-2-1-3-7(6)5-8;1-2/h7,9,13-14,16,20,23-26,37-38,42H,4-6,8,10-12,15,17-19H2,1-3H3,(H,36,41);7,9,13-14,16,20,23-26,35-36,39H,4-6,8,10-12,15,17-19H2,1-3H3;4,8-9H,1-3,5-6,12H2,(H,13,16)(H,14,15);2*4,7-8H,1-3,5H2;4,7-8H,1-3,5,10H2,(H,11,12);1-2H2/b9-7+,35-22?;9-7+,34-22?;;;;;/t20-,23?,24+,25+,26+,30+,31+,32+,33+;20-,23?,24+,25+,26+,29+,30+,31+,32+;;;;;/m11...../s1. The largest absolute Gasteiger partial charge is 0.457 e. The summed E-state index contributed by atoms with van der Waals surface area (Å²) in [6.45, 7) is 8.35. The molecule has 26 atom stereocenters. The van der Waals surface area contributed by atoms with Gasteiger partial charge in [-0.3, -0.25) is 51.7 Å². The van der Waals surface area contributed by atoms with Gasteiger partial charge in [0.25, 0.3) is 5.91 Å². The lowest BCUT2D eigenvalue weighted by Crippen LogP contribution is -2.69. The van der Waals surface area contributed by atoms with Gasteiger partial charge < -0.3 is 69.2 Å². The van der Waals surface area contributed by atoms with Gasteiger partial charge >= 0.3 is 41.1 Å². The highest BCUT2D eigenvalue weighted by Gasteiger charge is 2.78. The number of esters is 1. The number of carbonyl (C=O) groups is 10. The fraction of sp³-hybridized carbons (Fsp3) is 0.689. The third-order valence-electron chi connectivity index (χ3n) is 34.1. The molecule has 33 nitrogen and oxygen atoms in total. The second kappa shape index (κ2) is 47.9. The Bertz CT molecular complexity index is 4870. The van der Waals surface area contributed by atoms with E-state index in [9.17, 15) is 78.6 Å². The molecule has 18 N–H and O–H groups in total. The number of hydrazine groups is 3. The number of aliphatic hydroxyl groups is 6. The average Bonchev–Trinajstić information content (AvgIpc) is 1.46. The maximum atomic E-state index is 17.5. The van der Waals surface area contributed by atoms with Crippen LogP contribution in [0.4, 0.5) is 32.8 Å². The molecule has 0 aromatic carbocycles. The van der Waals surface area contributed by atoms with E-state index in [-0.39, 0.29) is 80.9 Å². The van der Waals surface area contributed by atoms with Gasteiger partial charge in [0, 0.05) is 56.7 Å². The van der Waals surface area contributed by atoms with E-state index in [1.54, 1.807) is 65.0 Å². The highest BCUT2D eigenvalue weighted by molar-refractivity contribution is 6.61. The minimum Gasteiger partial charge on any atom is -0.457 e. The SMILES string of the molecule is C[C@@H]1C[C@H]2[C@@H]3CCC4=CC(=NCC(=O)OC5/C=C/CCCCC5)C=C[C@]4(C)[C@@]3(F)[C@@H](O)C[C@]2(C)[C@@]1(O)C(=O)CO.C[C@@H]1C[C@H]2[C@@H]3CCC4=CC(=NCC(=O)ONC(=O)OC5/C=C/CCCCC5)C=C[C@]4(C)[C@@]3(F)[C@@H](O)C[C@]2(C)[C@@]1(O)C(=O)CO.NN.NNC(=O)CNC(=O)OC1C=C2CCCC2C1.NNC(=O)OC1C=C2CCCC2C1.O=C(Cl)OC1C=C2CCCC2C1.O=C(Cl)OC1C=C2CCCC2C1. The van der Waals surface area contributed by atoms with Crippen LogP contribution in [0.15, 0.2) is 128 Å². The molecule has 4 amide bonds. The summed E-state index contributed by atoms with van der Waals surface area (Å²) in [5.74, 6) is 14.6. The number of aliphatic hydroxyl groups excluding tert-OH is 4. The summed E-state index contributed by atoms with van der Waals surface area (Å²) in [6, 6.07) is 0. The van der Waals surface area contributed by atoms with Gasteiger partial charge in [-0.1, -0.05) is 98.3 Å². The monoisotopic (exact) mass is 2000 g/mol. The van der Waals surface area contributed by atoms with Crippen LogP contribution in [0, 0.1) is 80.8 Å². The number of Topliss-reactive ketones (excluding diaryl/α,β-unsaturated/α-hetero) is 2. The average molecular weight is 2000 g/mol. The van der Waals surface area contributed by atoms with Crippen LogP contribution in [0.2, 0.25) is 0 Å². The number of ketones is 2. The molecular weight excluding hydrogens is 1850 g/mol. The first kappa shape index (κ1) is 110. The molecule has 0 saturated heterocycles. The molecule has 0 spiro atoms. The maximum absolute atomic E-state index is 17.5. The molecule has 0 aromatic rings. The molecule has 0 bridgehead atoms. The number of hydrogen-bond acceptors (Lipinski definition) is 29. The van der Waals surface area contributed by atoms with Gasteiger partial charge in [0.15, 0.2) is 22.9 Å². The van der Waals surface area contributed by atoms with Crippen molar-refractivity contribution in [3.8, 4) is 0 Å². The molecule has 140 heavy (non-hydrogen) atoms. The minimum absolute atomic E-state index is 0.0460. The number of nitrogens with one attached hydrogen (secondary N) is 4. The van der Waals surface area contributed by atoms with Gasteiger partial charge in [-0.05, 0) is 327 Å². The van der Waals surface area contributed by atoms with Crippen molar-refractivity contribution in [2.24, 2.45) is 114 Å². The molecule has 0 radical (unpaired) electrons. The van der Waals surface area contributed by atoms with Crippen molar-refractivity contribution in [3.05, 3.63) is 119 Å². The van der Waals surface area contributed by atoms with E-state index in [0.29, 0.717) is 80.0 Å². The van der Waals surface area contributed by atoms with Crippen LogP contribution < -0.4 is 45.0 Å². The second-order valence-corrected chi connectivity index (χ2v) is 42.5. The number of aliphatic imine (C=N–C) groups is 2. The lowest BCUT2D eigenvalue weighted by Gasteiger charge is -2.62. The van der Waals surface area contributed by atoms with E-state index in [2.05, 4.69) is 51.3 Å². The number of carbonyl (C=O) groups excluding carboxylic acids is 10. The highest BCUT2D eigenvalue weighted by Crippen LogP contribution is 2.73. The van der Waals surface area contributed by atoms with Gasteiger partial charge in [0.1, 0.15) is 80.7 Å². The maximum Gasteiger partial charge on any atom is 0.441 e. The first-order valence-electron chi connectivity index (χ1n) is 50.3. The Kier molecular flexibility index (Phi) is 37.6. The van der Waals surface area contributed by atoms with Crippen LogP contribution in [0.5, 0.6) is 0 Å². The summed E-state index contributed by atoms with van der Waals surface area (Å²) in [5.41, 5.74) is 0.817. The van der Waals surface area contributed by atoms with E-state index >= 15 is 8.78 Å². The summed E-state index contributed by atoms with van der Waals surface area (Å²) in [6.07, 6.45) is 51.7. The zero-order valence-electron chi connectivity index (χ0n) is 81.4. The van der Waals surface area contributed by atoms with Gasteiger partial charge in [0.05, 0.1) is 23.6 Å². The number of allylic oxidation sites excluding steroid dienone is 14. The molecule has 0 heterocycles. The zero-order valence-corrected chi connectivity index (χ0v) is 82.9. The van der Waals surface area contributed by atoms with Crippen molar-refractivity contribution in [2.45, 2.75) is 331 Å². The zero-order chi connectivity index (χ0) is 101. The van der Waals surface area contributed by atoms with Crippen LogP contribution >= 0.6 is 23.2 Å². The molecule has 10 unspecified atom stereocenters. The third-order valence-corrected chi connectivity index (χ3v) is 34.3. The Labute approximate surface area is 827 Å². The summed E-state index contributed by atoms with van der Waals surface area (Å²) in [4.78, 5) is 130. The number of alkyl halides is 2. The van der Waals surface area contributed by atoms with Crippen molar-refractivity contribution in [3.63, 3.8) is 0 Å². The molecular formula is C103H146Cl2F2N10O23. The Balaban J connectivity index is 0.000000163. The minimum atomic E-state index is -2.06. The summed E-state index contributed by atoms with van der Waals surface area (Å²) in [5, 5.41) is 67.8. The van der Waals surface area contributed by atoms with E-state index in [0.717, 1.165) is 101 Å². The van der Waals surface area contributed by atoms with Crippen molar-refractivity contribution in [1.29, 1.82) is 0 Å². The Morgan fingerprint density at radius 1 is 0.457 bits per heavy atom. The molecule has 10 saturated carbocycles. The van der Waals surface area contributed by atoms with Crippen molar-refractivity contribution in [1.82, 2.24) is 21.6 Å². The Morgan fingerprint density at radius 2 is 0.836 bits per heavy atom. The summed E-state index contributed by atoms with van der Waals surface area (Å²) in [7, 11) is 0. The molecule has 18 rings (SSSR count). The van der Waals surface area contributed by atoms with Crippen LogP contribution in [0.3, 0.4) is 0 Å². The Hall–Kier alpha value is -8.72. The number of nitrogens with zero attached hydrogens (tertiary/aromatic N) is 2. The molecule has 37 heteroatoms. The van der Waals surface area contributed by atoms with Gasteiger partial charge in [-0.15, -0.1) is 5.48 Å². The Morgan fingerprint density at radius 3 is 1.21 bits per heavy atom. The van der Waals surface area contributed by atoms with Crippen LogP contribution in [-0.2, 0) is 57.2 Å². The van der Waals surface area contributed by atoms with E-state index < -0.39 is 152 Å². The number of rotatable bonds is 16. The predicted molar refractivity (Wildman–Crippen MR) is 517 cm³/mol. The van der Waals surface area contributed by atoms with Crippen molar-refractivity contribution in [2.75, 3.05) is 32.8 Å². The predicted octanol–water partition coefficient (Wildman–Crippen LogP) is 13.9. The topological polar surface area (TPSA) is 534 Å². The first-order valence-corrected chi connectivity index (χ1v) is 51.0. The molecule has 0 aliphatic heterocycles. The lowest BCUT2D eigenvalue weighted by molar-refractivity contribution is -0.219. The quantitative estimate of drug-likeness (QED) is 0.0130. The van der Waals surface area contributed by atoms with Gasteiger partial charge in [-0.2, -0.15) is 0 Å². The molecule has 0 aromatic heterocycles. The third kappa shape index (κ3) is 23.8. The lowest BCUT2D eigenvalue weighted by atomic mass is 9.44. The summed E-state index contributed by atoms with van der Waals surface area (Å²) >= 11 is 10.2. The normalized spacial score (nSPS) is 38.5. The number of hydrogen-bond donors (Lipinski definition) is 14. The van der Waals surface area contributed by atoms with Crippen LogP contribution in [0.25, 0.3) is 0 Å². The summed E-state index contributed by atoms with van der Waals surface area (Å²) < 4.78 is 65.9. The molecule has 18 aliphatic rings. The number of halogens is 4. The van der Waals surface area contributed by atoms with Crippen molar-refractivity contribution < 1.29 is 121 Å². The first-order chi connectivity index (χ1) is 66.7. The number of ether oxygens (including phenoxy) is 6. The number of nitrogens with two attached hydrogens (primary N) is 4. The molecule has 774 valence electrons. The van der Waals surface area contributed by atoms with Gasteiger partial charge in [-0.25, -0.2) is 49.2 Å². The van der Waals surface area contributed by atoms with Crippen LogP contribution in [-0.4, -0.2) is 205 Å². The number of fused-ring (bicyclic) bond motifs is 14. The molecule has 10 fully saturated rings. The highest BCUT2D eigenvalue weighted by atomic mass is 35.5. The number of alkyl carbamates (subject to hydrolysis) is 1. The number of hydroxylamine groups is 1. The van der Waals surface area contributed by atoms with E-state index in [1.165, 1.54) is 92.9 Å². The van der Waals surface area contributed by atoms with Gasteiger partial charge in [0.2, 0.25) is 0 Å². The van der Waals surface area contributed by atoms with E-state index in [1.807, 2.05) is 53.6 Å². The smallest absolute Gasteiger partial charge is 0.441 e. The number of amides is 4. The van der Waals surface area contributed by atoms with Crippen molar-refractivity contribution >= 4 is 93.2 Å². The fourth-order valence-corrected chi connectivity index (χ4v) is 27.4. The fourth-order valence-electron chi connectivity index (χ4n) is 27.2.